The van der Waals surface area contributed by atoms with E-state index in [1.54, 1.807) is 18.2 Å². The van der Waals surface area contributed by atoms with Crippen molar-refractivity contribution in [1.82, 2.24) is 0 Å². The molecule has 0 radical (unpaired) electrons. The minimum atomic E-state index is -0.961. The van der Waals surface area contributed by atoms with Gasteiger partial charge in [0.15, 0.2) is 0 Å². The molecule has 2 aliphatic carbocycles. The lowest BCUT2D eigenvalue weighted by Crippen LogP contribution is -2.31. The number of ether oxygens (including phenoxy) is 3. The number of benzene rings is 3. The zero-order chi connectivity index (χ0) is 32.3. The van der Waals surface area contributed by atoms with Crippen LogP contribution in [0.15, 0.2) is 66.7 Å². The van der Waals surface area contributed by atoms with Gasteiger partial charge in [-0.3, -0.25) is 4.79 Å². The zero-order valence-electron chi connectivity index (χ0n) is 26.9. The fourth-order valence-corrected chi connectivity index (χ4v) is 6.58. The number of aliphatic carboxylic acids is 1. The van der Waals surface area contributed by atoms with Crippen LogP contribution in [0.1, 0.15) is 120 Å². The predicted molar refractivity (Wildman–Crippen MR) is 176 cm³/mol. The first kappa shape index (κ1) is 33.2. The quantitative estimate of drug-likeness (QED) is 0.133. The Balaban J connectivity index is 1.09. The van der Waals surface area contributed by atoms with E-state index in [1.807, 2.05) is 48.5 Å². The maximum absolute atomic E-state index is 13.2. The summed E-state index contributed by atoms with van der Waals surface area (Å²) in [4.78, 5) is 38.1. The van der Waals surface area contributed by atoms with E-state index < -0.39 is 24.0 Å². The van der Waals surface area contributed by atoms with Crippen molar-refractivity contribution >= 4 is 17.9 Å². The lowest BCUT2D eigenvalue weighted by Gasteiger charge is -2.31. The zero-order valence-corrected chi connectivity index (χ0v) is 26.9. The fraction of sp³-hybridized carbons (Fsp3) is 0.462. The minimum Gasteiger partial charge on any atom is -0.494 e. The minimum absolute atomic E-state index is 0.259. The maximum atomic E-state index is 13.2. The summed E-state index contributed by atoms with van der Waals surface area (Å²) in [6.07, 6.45) is 11.9. The van der Waals surface area contributed by atoms with Gasteiger partial charge in [0.2, 0.25) is 0 Å². The molecule has 5 rings (SSSR count). The van der Waals surface area contributed by atoms with Crippen LogP contribution in [0.3, 0.4) is 0 Å². The van der Waals surface area contributed by atoms with Gasteiger partial charge in [0.1, 0.15) is 18.0 Å². The first-order chi connectivity index (χ1) is 22.4. The van der Waals surface area contributed by atoms with E-state index >= 15 is 0 Å². The van der Waals surface area contributed by atoms with Crippen molar-refractivity contribution in [3.05, 3.63) is 100 Å². The van der Waals surface area contributed by atoms with Crippen molar-refractivity contribution in [2.24, 2.45) is 5.92 Å². The fourth-order valence-electron chi connectivity index (χ4n) is 6.58. The van der Waals surface area contributed by atoms with Crippen LogP contribution in [-0.2, 0) is 33.5 Å². The van der Waals surface area contributed by atoms with E-state index in [2.05, 4.69) is 6.92 Å². The van der Waals surface area contributed by atoms with Crippen LogP contribution in [-0.4, -0.2) is 35.7 Å². The average Bonchev–Trinajstić information content (AvgIpc) is 3.07. The second-order valence-corrected chi connectivity index (χ2v) is 12.6. The monoisotopic (exact) mass is 626 g/mol. The molecule has 0 bridgehead atoms. The van der Waals surface area contributed by atoms with Gasteiger partial charge in [-0.1, -0.05) is 82.2 Å². The number of carbonyl (C=O) groups is 3. The van der Waals surface area contributed by atoms with Crippen molar-refractivity contribution in [2.75, 3.05) is 6.61 Å². The number of aryl methyl sites for hydroxylation is 2. The molecule has 0 saturated heterocycles. The number of carboxylic acids is 1. The van der Waals surface area contributed by atoms with E-state index in [-0.39, 0.29) is 12.1 Å². The van der Waals surface area contributed by atoms with Gasteiger partial charge in [-0.15, -0.1) is 0 Å². The molecule has 0 spiro atoms. The number of hydrogen-bond donors (Lipinski definition) is 1. The van der Waals surface area contributed by atoms with Crippen molar-refractivity contribution in [3.8, 4) is 5.75 Å². The van der Waals surface area contributed by atoms with Crippen molar-refractivity contribution in [3.63, 3.8) is 0 Å². The van der Waals surface area contributed by atoms with E-state index in [9.17, 15) is 19.5 Å². The normalized spacial score (nSPS) is 18.6. The molecule has 0 aliphatic heterocycles. The van der Waals surface area contributed by atoms with Crippen LogP contribution in [0.5, 0.6) is 5.75 Å². The summed E-state index contributed by atoms with van der Waals surface area (Å²) in [6.45, 7) is 2.91. The molecule has 2 aliphatic rings. The Kier molecular flexibility index (Phi) is 11.9. The summed E-state index contributed by atoms with van der Waals surface area (Å²) in [7, 11) is 0. The smallest absolute Gasteiger partial charge is 0.338 e. The topological polar surface area (TPSA) is 99.1 Å². The standard InChI is InChI=1S/C39H46O7/c1-2-3-4-5-6-7-8-11-24-44-32-20-16-28(17-21-32)38(42)45-33-22-18-29-25-31(15-14-30(29)26-33)39(43)46-36-34-13-10-9-12-27(34)19-23-35(36)37(40)41/h9-10,12-17,20-21,25,33,35-36H,2-8,11,18-19,22-24,26H2,1H3,(H,40,41). The first-order valence-electron chi connectivity index (χ1n) is 17.0. The third kappa shape index (κ3) is 8.77. The highest BCUT2D eigenvalue weighted by molar-refractivity contribution is 5.91. The van der Waals surface area contributed by atoms with Crippen LogP contribution in [0, 0.1) is 5.92 Å². The van der Waals surface area contributed by atoms with Crippen LogP contribution in [0.2, 0.25) is 0 Å². The highest BCUT2D eigenvalue weighted by Crippen LogP contribution is 2.38. The Morgan fingerprint density at radius 2 is 1.39 bits per heavy atom. The molecule has 0 heterocycles. The molecule has 1 N–H and O–H groups in total. The summed E-state index contributed by atoms with van der Waals surface area (Å²) in [6, 6.07) is 20.1. The molecule has 0 amide bonds. The Morgan fingerprint density at radius 3 is 2.15 bits per heavy atom. The number of carbonyl (C=O) groups excluding carboxylic acids is 2. The Morgan fingerprint density at radius 1 is 0.717 bits per heavy atom. The molecule has 244 valence electrons. The summed E-state index contributed by atoms with van der Waals surface area (Å²) < 4.78 is 17.6. The SMILES string of the molecule is CCCCCCCCCCOc1ccc(C(=O)OC2CCc3cc(C(=O)OC4c5ccccc5CCC4C(=O)O)ccc3C2)cc1. The van der Waals surface area contributed by atoms with Crippen LogP contribution < -0.4 is 4.74 Å². The van der Waals surface area contributed by atoms with Crippen molar-refractivity contribution in [1.29, 1.82) is 0 Å². The van der Waals surface area contributed by atoms with Crippen molar-refractivity contribution < 1.29 is 33.7 Å². The predicted octanol–water partition coefficient (Wildman–Crippen LogP) is 8.47. The van der Waals surface area contributed by atoms with Gasteiger partial charge in [-0.25, -0.2) is 9.59 Å². The van der Waals surface area contributed by atoms with E-state index in [4.69, 9.17) is 14.2 Å². The second-order valence-electron chi connectivity index (χ2n) is 12.6. The molecule has 0 fully saturated rings. The number of rotatable bonds is 15. The Labute approximate surface area is 272 Å². The summed E-state index contributed by atoms with van der Waals surface area (Å²) in [5.41, 5.74) is 4.70. The lowest BCUT2D eigenvalue weighted by molar-refractivity contribution is -0.146. The number of fused-ring (bicyclic) bond motifs is 2. The van der Waals surface area contributed by atoms with Crippen LogP contribution in [0.25, 0.3) is 0 Å². The third-order valence-corrected chi connectivity index (χ3v) is 9.26. The molecule has 46 heavy (non-hydrogen) atoms. The summed E-state index contributed by atoms with van der Waals surface area (Å²) in [5.74, 6) is -1.88. The lowest BCUT2D eigenvalue weighted by atomic mass is 9.81. The molecular weight excluding hydrogens is 580 g/mol. The average molecular weight is 627 g/mol. The molecule has 0 saturated carbocycles. The Hall–Kier alpha value is -4.13. The molecular formula is C39H46O7. The molecule has 3 unspecified atom stereocenters. The van der Waals surface area contributed by atoms with E-state index in [1.165, 1.54) is 44.9 Å². The summed E-state index contributed by atoms with van der Waals surface area (Å²) in [5, 5.41) is 9.79. The third-order valence-electron chi connectivity index (χ3n) is 9.26. The van der Waals surface area contributed by atoms with Crippen LogP contribution in [0.4, 0.5) is 0 Å². The van der Waals surface area contributed by atoms with Gasteiger partial charge >= 0.3 is 17.9 Å². The summed E-state index contributed by atoms with van der Waals surface area (Å²) >= 11 is 0. The Bertz CT molecular complexity index is 1480. The highest BCUT2D eigenvalue weighted by Gasteiger charge is 2.37. The van der Waals surface area contributed by atoms with Gasteiger partial charge in [0.05, 0.1) is 23.7 Å². The van der Waals surface area contributed by atoms with Crippen molar-refractivity contribution in [2.45, 2.75) is 103 Å². The molecule has 0 aromatic heterocycles. The molecule has 3 aromatic rings. The van der Waals surface area contributed by atoms with Gasteiger partial charge in [-0.2, -0.15) is 0 Å². The molecule has 7 heteroatoms. The first-order valence-corrected chi connectivity index (χ1v) is 17.0. The molecule has 7 nitrogen and oxygen atoms in total. The molecule has 3 aromatic carbocycles. The van der Waals surface area contributed by atoms with Gasteiger partial charge < -0.3 is 19.3 Å². The number of unbranched alkanes of at least 4 members (excludes halogenated alkanes) is 7. The van der Waals surface area contributed by atoms with E-state index in [0.29, 0.717) is 49.8 Å². The highest BCUT2D eigenvalue weighted by atomic mass is 16.5. The number of esters is 2. The van der Waals surface area contributed by atoms with E-state index in [0.717, 1.165) is 34.4 Å². The van der Waals surface area contributed by atoms with Crippen LogP contribution >= 0.6 is 0 Å². The number of hydrogen-bond acceptors (Lipinski definition) is 6. The van der Waals surface area contributed by atoms with Gasteiger partial charge in [0.25, 0.3) is 0 Å². The molecule has 3 atom stereocenters. The number of carboxylic acid groups (broad SMARTS) is 1. The largest absolute Gasteiger partial charge is 0.494 e. The van der Waals surface area contributed by atoms with Gasteiger partial charge in [0, 0.05) is 6.42 Å². The maximum Gasteiger partial charge on any atom is 0.338 e. The van der Waals surface area contributed by atoms with Gasteiger partial charge in [-0.05, 0) is 90.8 Å². The second kappa shape index (κ2) is 16.4.